The number of rotatable bonds is 6. The third kappa shape index (κ3) is 4.43. The standard InChI is InChI=1S/C10H12F2N2O4S/c1-19(17,18)6-2-5-13-10-8(14(15)16)4-3-7(11)9(10)12/h3-4,13H,2,5-6H2,1H3. The molecular formula is C10H12F2N2O4S. The highest BCUT2D eigenvalue weighted by molar-refractivity contribution is 7.90. The molecule has 1 aromatic carbocycles. The monoisotopic (exact) mass is 294 g/mol. The third-order valence-corrected chi connectivity index (χ3v) is 3.29. The molecule has 0 aliphatic heterocycles. The SMILES string of the molecule is CS(=O)(=O)CCCNc1c([N+](=O)[O-])ccc(F)c1F. The molecule has 0 aliphatic rings. The van der Waals surface area contributed by atoms with Gasteiger partial charge >= 0.3 is 0 Å². The number of nitrogens with zero attached hydrogens (tertiary/aromatic N) is 1. The van der Waals surface area contributed by atoms with Gasteiger partial charge in [-0.2, -0.15) is 0 Å². The summed E-state index contributed by atoms with van der Waals surface area (Å²) in [5.41, 5.74) is -1.17. The number of nitro groups is 1. The summed E-state index contributed by atoms with van der Waals surface area (Å²) >= 11 is 0. The van der Waals surface area contributed by atoms with Crippen molar-refractivity contribution in [1.29, 1.82) is 0 Å². The van der Waals surface area contributed by atoms with Crippen LogP contribution in [0.2, 0.25) is 0 Å². The van der Waals surface area contributed by atoms with E-state index in [4.69, 9.17) is 0 Å². The molecule has 1 aromatic rings. The first-order chi connectivity index (χ1) is 8.72. The predicted octanol–water partition coefficient (Wildman–Crippen LogP) is 1.72. The number of nitrogens with one attached hydrogen (secondary N) is 1. The van der Waals surface area contributed by atoms with Gasteiger partial charge in [0.15, 0.2) is 17.3 Å². The van der Waals surface area contributed by atoms with Crippen LogP contribution in [-0.2, 0) is 9.84 Å². The molecule has 19 heavy (non-hydrogen) atoms. The number of halogens is 2. The van der Waals surface area contributed by atoms with Crippen LogP contribution in [0, 0.1) is 21.7 Å². The zero-order valence-corrected chi connectivity index (χ0v) is 10.8. The largest absolute Gasteiger partial charge is 0.377 e. The summed E-state index contributed by atoms with van der Waals surface area (Å²) in [7, 11) is -3.16. The van der Waals surface area contributed by atoms with Gasteiger partial charge in [0, 0.05) is 18.9 Å². The number of benzene rings is 1. The van der Waals surface area contributed by atoms with Gasteiger partial charge in [-0.15, -0.1) is 0 Å². The molecule has 0 unspecified atom stereocenters. The Bertz CT molecular complexity index is 589. The van der Waals surface area contributed by atoms with Crippen LogP contribution in [0.4, 0.5) is 20.2 Å². The van der Waals surface area contributed by atoms with Crippen LogP contribution < -0.4 is 5.32 Å². The Kier molecular flexibility index (Phi) is 4.76. The molecule has 0 heterocycles. The highest BCUT2D eigenvalue weighted by Crippen LogP contribution is 2.28. The first kappa shape index (κ1) is 15.3. The van der Waals surface area contributed by atoms with E-state index >= 15 is 0 Å². The van der Waals surface area contributed by atoms with Gasteiger partial charge in [-0.1, -0.05) is 0 Å². The topological polar surface area (TPSA) is 89.3 Å². The van der Waals surface area contributed by atoms with Gasteiger partial charge < -0.3 is 5.32 Å². The highest BCUT2D eigenvalue weighted by atomic mass is 32.2. The van der Waals surface area contributed by atoms with E-state index in [1.165, 1.54) is 0 Å². The van der Waals surface area contributed by atoms with Crippen LogP contribution in [0.25, 0.3) is 0 Å². The molecule has 0 saturated carbocycles. The van der Waals surface area contributed by atoms with Gasteiger partial charge in [0.05, 0.1) is 10.7 Å². The lowest BCUT2D eigenvalue weighted by molar-refractivity contribution is -0.384. The van der Waals surface area contributed by atoms with Crippen molar-refractivity contribution in [2.24, 2.45) is 0 Å². The van der Waals surface area contributed by atoms with Crippen molar-refractivity contribution in [3.63, 3.8) is 0 Å². The van der Waals surface area contributed by atoms with Crippen molar-refractivity contribution < 1.29 is 22.1 Å². The van der Waals surface area contributed by atoms with Crippen molar-refractivity contribution >= 4 is 21.2 Å². The molecule has 0 aliphatic carbocycles. The zero-order chi connectivity index (χ0) is 14.6. The summed E-state index contributed by atoms with van der Waals surface area (Å²) in [5.74, 6) is -2.71. The maximum atomic E-state index is 13.4. The first-order valence-electron chi connectivity index (χ1n) is 5.26. The molecule has 0 amide bonds. The Balaban J connectivity index is 2.82. The van der Waals surface area contributed by atoms with Crippen LogP contribution in [0.3, 0.4) is 0 Å². The Labute approximate surface area is 108 Å². The summed E-state index contributed by atoms with van der Waals surface area (Å²) in [6.45, 7) is -0.0196. The van der Waals surface area contributed by atoms with Crippen molar-refractivity contribution in [3.05, 3.63) is 33.9 Å². The van der Waals surface area contributed by atoms with Crippen molar-refractivity contribution in [2.75, 3.05) is 23.9 Å². The van der Waals surface area contributed by atoms with Gasteiger partial charge in [0.1, 0.15) is 9.84 Å². The summed E-state index contributed by atoms with van der Waals surface area (Å²) in [5, 5.41) is 13.0. The van der Waals surface area contributed by atoms with E-state index in [9.17, 15) is 27.3 Å². The quantitative estimate of drug-likeness (QED) is 0.490. The lowest BCUT2D eigenvalue weighted by Gasteiger charge is -2.08. The van der Waals surface area contributed by atoms with Crippen molar-refractivity contribution in [1.82, 2.24) is 0 Å². The van der Waals surface area contributed by atoms with E-state index in [1.54, 1.807) is 0 Å². The minimum Gasteiger partial charge on any atom is -0.377 e. The summed E-state index contributed by atoms with van der Waals surface area (Å²) in [4.78, 5) is 9.81. The molecule has 1 N–H and O–H groups in total. The molecule has 0 aromatic heterocycles. The van der Waals surface area contributed by atoms with E-state index in [0.717, 1.165) is 12.3 Å². The van der Waals surface area contributed by atoms with Crippen molar-refractivity contribution in [3.8, 4) is 0 Å². The molecular weight excluding hydrogens is 282 g/mol. The second-order valence-corrected chi connectivity index (χ2v) is 6.18. The average molecular weight is 294 g/mol. The number of anilines is 1. The van der Waals surface area contributed by atoms with Gasteiger partial charge in [-0.3, -0.25) is 10.1 Å². The maximum Gasteiger partial charge on any atom is 0.295 e. The minimum atomic E-state index is -3.16. The molecule has 0 fully saturated rings. The third-order valence-electron chi connectivity index (χ3n) is 2.26. The normalized spacial score (nSPS) is 11.3. The van der Waals surface area contributed by atoms with Crippen LogP contribution >= 0.6 is 0 Å². The van der Waals surface area contributed by atoms with E-state index < -0.39 is 37.8 Å². The average Bonchev–Trinajstić information content (AvgIpc) is 2.28. The number of sulfone groups is 1. The van der Waals surface area contributed by atoms with Gasteiger partial charge in [0.25, 0.3) is 5.69 Å². The van der Waals surface area contributed by atoms with Gasteiger partial charge in [0.2, 0.25) is 0 Å². The van der Waals surface area contributed by atoms with Gasteiger partial charge in [-0.25, -0.2) is 17.2 Å². The fraction of sp³-hybridized carbons (Fsp3) is 0.400. The number of hydrogen-bond acceptors (Lipinski definition) is 5. The molecule has 106 valence electrons. The Morgan fingerprint density at radius 3 is 2.53 bits per heavy atom. The number of hydrogen-bond donors (Lipinski definition) is 1. The van der Waals surface area contributed by atoms with E-state index in [1.807, 2.05) is 0 Å². The van der Waals surface area contributed by atoms with Crippen LogP contribution in [0.15, 0.2) is 12.1 Å². The summed E-state index contributed by atoms with van der Waals surface area (Å²) in [6.07, 6.45) is 1.17. The molecule has 0 radical (unpaired) electrons. The molecule has 0 spiro atoms. The molecule has 0 atom stereocenters. The van der Waals surface area contributed by atoms with E-state index in [0.29, 0.717) is 6.07 Å². The Morgan fingerprint density at radius 1 is 1.37 bits per heavy atom. The van der Waals surface area contributed by atoms with Gasteiger partial charge in [-0.05, 0) is 12.5 Å². The second-order valence-electron chi connectivity index (χ2n) is 3.92. The smallest absolute Gasteiger partial charge is 0.295 e. The highest BCUT2D eigenvalue weighted by Gasteiger charge is 2.21. The molecule has 1 rings (SSSR count). The fourth-order valence-corrected chi connectivity index (χ4v) is 2.08. The van der Waals surface area contributed by atoms with Crippen LogP contribution in [0.5, 0.6) is 0 Å². The molecule has 6 nitrogen and oxygen atoms in total. The minimum absolute atomic E-state index is 0.0196. The fourth-order valence-electron chi connectivity index (χ4n) is 1.41. The molecule has 0 bridgehead atoms. The van der Waals surface area contributed by atoms with E-state index in [2.05, 4.69) is 5.32 Å². The lowest BCUT2D eigenvalue weighted by Crippen LogP contribution is -2.12. The summed E-state index contributed by atoms with van der Waals surface area (Å²) in [6, 6.07) is 1.51. The van der Waals surface area contributed by atoms with Crippen LogP contribution in [0.1, 0.15) is 6.42 Å². The lowest BCUT2D eigenvalue weighted by atomic mass is 10.2. The molecule has 0 saturated heterocycles. The Morgan fingerprint density at radius 2 is 2.00 bits per heavy atom. The second kappa shape index (κ2) is 5.91. The predicted molar refractivity (Wildman–Crippen MR) is 65.8 cm³/mol. The maximum absolute atomic E-state index is 13.4. The van der Waals surface area contributed by atoms with Crippen molar-refractivity contribution in [2.45, 2.75) is 6.42 Å². The first-order valence-corrected chi connectivity index (χ1v) is 7.32. The van der Waals surface area contributed by atoms with E-state index in [-0.39, 0.29) is 18.7 Å². The zero-order valence-electron chi connectivity index (χ0n) is 10.0. The summed E-state index contributed by atoms with van der Waals surface area (Å²) < 4.78 is 48.1. The van der Waals surface area contributed by atoms with Crippen LogP contribution in [-0.4, -0.2) is 31.9 Å². The Hall–Kier alpha value is -1.77. The molecule has 9 heteroatoms. The number of nitro benzene ring substituents is 1.